The third-order valence-corrected chi connectivity index (χ3v) is 8.21. The van der Waals surface area contributed by atoms with E-state index in [0.29, 0.717) is 31.7 Å². The average molecular weight is 468 g/mol. The van der Waals surface area contributed by atoms with Crippen LogP contribution in [0.1, 0.15) is 66.4 Å². The second kappa shape index (κ2) is 8.86. The number of carbonyl (C=O) groups is 1. The van der Waals surface area contributed by atoms with Gasteiger partial charge in [0.25, 0.3) is 11.5 Å². The van der Waals surface area contributed by atoms with Crippen molar-refractivity contribution in [3.8, 4) is 5.75 Å². The average Bonchev–Trinajstić information content (AvgIpc) is 2.77. The third-order valence-electron chi connectivity index (χ3n) is 8.21. The van der Waals surface area contributed by atoms with Gasteiger partial charge < -0.3 is 25.4 Å². The minimum Gasteiger partial charge on any atom is -0.508 e. The van der Waals surface area contributed by atoms with Crippen molar-refractivity contribution in [3.05, 3.63) is 62.6 Å². The fraction of sp³-hybridized carbons (Fsp3) is 0.556. The van der Waals surface area contributed by atoms with E-state index < -0.39 is 16.6 Å². The number of likely N-dealkylation sites (tertiary alicyclic amines) is 1. The Balaban J connectivity index is 1.80. The summed E-state index contributed by atoms with van der Waals surface area (Å²) < 4.78 is 0. The van der Waals surface area contributed by atoms with Crippen LogP contribution in [-0.2, 0) is 18.3 Å². The van der Waals surface area contributed by atoms with Gasteiger partial charge in [-0.05, 0) is 81.1 Å². The molecule has 1 aliphatic heterocycles. The SMILES string of the molecule is Cc1ccc(O)cc1C12CCN(C)C(C)C1(O)Cc1cc(C(=O)NCCC(C)C)c(=O)[nH]c1C2. The van der Waals surface area contributed by atoms with Gasteiger partial charge in [0.1, 0.15) is 11.3 Å². The van der Waals surface area contributed by atoms with Crippen molar-refractivity contribution < 1.29 is 15.0 Å². The number of piperidine rings is 1. The number of rotatable bonds is 5. The molecule has 1 amide bonds. The monoisotopic (exact) mass is 467 g/mol. The van der Waals surface area contributed by atoms with Crippen molar-refractivity contribution in [2.75, 3.05) is 20.1 Å². The zero-order chi connectivity index (χ0) is 24.8. The molecule has 4 N–H and O–H groups in total. The number of hydrogen-bond acceptors (Lipinski definition) is 5. The fourth-order valence-corrected chi connectivity index (χ4v) is 5.95. The molecule has 1 saturated heterocycles. The first-order valence-corrected chi connectivity index (χ1v) is 12.2. The molecule has 4 rings (SSSR count). The number of aliphatic hydroxyl groups is 1. The molecule has 7 heteroatoms. The molecule has 2 aromatic rings. The Labute approximate surface area is 201 Å². The van der Waals surface area contributed by atoms with Crippen LogP contribution in [0.3, 0.4) is 0 Å². The van der Waals surface area contributed by atoms with Gasteiger partial charge in [0.05, 0.1) is 5.60 Å². The maximum absolute atomic E-state index is 12.9. The summed E-state index contributed by atoms with van der Waals surface area (Å²) in [6.45, 7) is 9.49. The normalized spacial score (nSPS) is 26.7. The number of nitrogens with one attached hydrogen (secondary N) is 2. The largest absolute Gasteiger partial charge is 0.508 e. The van der Waals surface area contributed by atoms with E-state index in [-0.39, 0.29) is 23.3 Å². The number of aromatic nitrogens is 1. The number of aromatic hydroxyl groups is 1. The maximum Gasteiger partial charge on any atom is 0.261 e. The van der Waals surface area contributed by atoms with Gasteiger partial charge in [0, 0.05) is 36.5 Å². The summed E-state index contributed by atoms with van der Waals surface area (Å²) in [7, 11) is 2.01. The predicted octanol–water partition coefficient (Wildman–Crippen LogP) is 2.66. The minimum atomic E-state index is -1.14. The molecule has 0 spiro atoms. The zero-order valence-electron chi connectivity index (χ0n) is 20.9. The fourth-order valence-electron chi connectivity index (χ4n) is 5.95. The lowest BCUT2D eigenvalue weighted by Gasteiger charge is -2.59. The maximum atomic E-state index is 12.9. The highest BCUT2D eigenvalue weighted by Gasteiger charge is 2.60. The molecule has 184 valence electrons. The van der Waals surface area contributed by atoms with Crippen LogP contribution in [-0.4, -0.2) is 57.8 Å². The van der Waals surface area contributed by atoms with Gasteiger partial charge in [-0.25, -0.2) is 0 Å². The highest BCUT2D eigenvalue weighted by molar-refractivity contribution is 5.94. The van der Waals surface area contributed by atoms with Gasteiger partial charge in [-0.2, -0.15) is 0 Å². The molecule has 3 atom stereocenters. The lowest BCUT2D eigenvalue weighted by molar-refractivity contribution is -0.132. The van der Waals surface area contributed by atoms with Crippen molar-refractivity contribution in [3.63, 3.8) is 0 Å². The molecule has 2 heterocycles. The van der Waals surface area contributed by atoms with Crippen molar-refractivity contribution >= 4 is 5.91 Å². The lowest BCUT2D eigenvalue weighted by Crippen LogP contribution is -2.70. The van der Waals surface area contributed by atoms with E-state index >= 15 is 0 Å². The zero-order valence-corrected chi connectivity index (χ0v) is 20.9. The number of pyridine rings is 1. The number of nitrogens with zero attached hydrogens (tertiary/aromatic N) is 1. The number of fused-ring (bicyclic) bond motifs is 2. The number of carbonyl (C=O) groups excluding carboxylic acids is 1. The standard InChI is InChI=1S/C27H37N3O4/c1-16(2)8-10-28-24(32)21-12-19-14-27(34)18(4)30(5)11-9-26(27,15-23(19)29-25(21)33)22-13-20(31)7-6-17(22)3/h6-7,12-13,16,18,31,34H,8-11,14-15H2,1-5H3,(H,28,32)(H,29,33). The van der Waals surface area contributed by atoms with Gasteiger partial charge in [-0.15, -0.1) is 0 Å². The van der Waals surface area contributed by atoms with E-state index in [1.165, 1.54) is 0 Å². The number of hydrogen-bond donors (Lipinski definition) is 4. The molecule has 2 aliphatic rings. The molecule has 1 aromatic heterocycles. The first-order valence-electron chi connectivity index (χ1n) is 12.2. The number of phenolic OH excluding ortho intramolecular Hbond substituents is 1. The quantitative estimate of drug-likeness (QED) is 0.541. The van der Waals surface area contributed by atoms with E-state index in [9.17, 15) is 19.8 Å². The molecule has 0 saturated carbocycles. The second-order valence-electron chi connectivity index (χ2n) is 10.7. The Morgan fingerprint density at radius 2 is 2.03 bits per heavy atom. The van der Waals surface area contributed by atoms with Crippen LogP contribution in [0.25, 0.3) is 0 Å². The van der Waals surface area contributed by atoms with Gasteiger partial charge >= 0.3 is 0 Å². The van der Waals surface area contributed by atoms with Crippen molar-refractivity contribution in [1.82, 2.24) is 15.2 Å². The number of aryl methyl sites for hydroxylation is 1. The highest BCUT2D eigenvalue weighted by Crippen LogP contribution is 2.53. The Hall–Kier alpha value is -2.64. The van der Waals surface area contributed by atoms with E-state index in [1.54, 1.807) is 18.2 Å². The number of amides is 1. The molecular weight excluding hydrogens is 430 g/mol. The van der Waals surface area contributed by atoms with E-state index in [4.69, 9.17) is 0 Å². The van der Waals surface area contributed by atoms with Gasteiger partial charge in [0.15, 0.2) is 0 Å². The Bertz CT molecular complexity index is 1160. The topological polar surface area (TPSA) is 106 Å². The lowest BCUT2D eigenvalue weighted by atomic mass is 9.53. The van der Waals surface area contributed by atoms with Crippen LogP contribution >= 0.6 is 0 Å². The van der Waals surface area contributed by atoms with E-state index in [0.717, 1.165) is 35.3 Å². The molecule has 1 aliphatic carbocycles. The Morgan fingerprint density at radius 3 is 2.74 bits per heavy atom. The number of likely N-dealkylation sites (N-methyl/N-ethyl adjacent to an activating group) is 1. The molecule has 0 bridgehead atoms. The second-order valence-corrected chi connectivity index (χ2v) is 10.7. The van der Waals surface area contributed by atoms with Crippen molar-refractivity contribution in [2.45, 2.75) is 70.4 Å². The van der Waals surface area contributed by atoms with Crippen LogP contribution in [0.4, 0.5) is 0 Å². The number of aromatic amines is 1. The predicted molar refractivity (Wildman–Crippen MR) is 132 cm³/mol. The first kappa shape index (κ1) is 24.5. The summed E-state index contributed by atoms with van der Waals surface area (Å²) in [5.41, 5.74) is 1.34. The minimum absolute atomic E-state index is 0.0870. The van der Waals surface area contributed by atoms with Gasteiger partial charge in [-0.1, -0.05) is 19.9 Å². The number of phenols is 1. The molecule has 7 nitrogen and oxygen atoms in total. The van der Waals surface area contributed by atoms with Crippen molar-refractivity contribution in [2.24, 2.45) is 5.92 Å². The molecule has 34 heavy (non-hydrogen) atoms. The summed E-state index contributed by atoms with van der Waals surface area (Å²) in [6, 6.07) is 6.81. The molecular formula is C27H37N3O4. The molecule has 1 aromatic carbocycles. The Morgan fingerprint density at radius 1 is 1.29 bits per heavy atom. The summed E-state index contributed by atoms with van der Waals surface area (Å²) >= 11 is 0. The summed E-state index contributed by atoms with van der Waals surface area (Å²) in [6.07, 6.45) is 2.27. The summed E-state index contributed by atoms with van der Waals surface area (Å²) in [4.78, 5) is 30.8. The highest BCUT2D eigenvalue weighted by atomic mass is 16.3. The van der Waals surface area contributed by atoms with Crippen LogP contribution < -0.4 is 10.9 Å². The van der Waals surface area contributed by atoms with E-state index in [1.807, 2.05) is 27.0 Å². The van der Waals surface area contributed by atoms with Crippen LogP contribution in [0.2, 0.25) is 0 Å². The molecule has 0 radical (unpaired) electrons. The summed E-state index contributed by atoms with van der Waals surface area (Å²) in [5, 5.41) is 25.5. The van der Waals surface area contributed by atoms with Crippen molar-refractivity contribution in [1.29, 1.82) is 0 Å². The number of H-pyrrole nitrogens is 1. The third kappa shape index (κ3) is 3.95. The first-order chi connectivity index (χ1) is 16.0. The molecule has 3 unspecified atom stereocenters. The smallest absolute Gasteiger partial charge is 0.261 e. The Kier molecular flexibility index (Phi) is 6.38. The van der Waals surface area contributed by atoms with Gasteiger partial charge in [-0.3, -0.25) is 9.59 Å². The van der Waals surface area contributed by atoms with E-state index in [2.05, 4.69) is 29.0 Å². The summed E-state index contributed by atoms with van der Waals surface area (Å²) in [5.74, 6) is 0.234. The van der Waals surface area contributed by atoms with Crippen LogP contribution in [0.5, 0.6) is 5.75 Å². The molecule has 1 fully saturated rings. The van der Waals surface area contributed by atoms with Gasteiger partial charge in [0.2, 0.25) is 0 Å². The number of benzene rings is 1. The van der Waals surface area contributed by atoms with Crippen LogP contribution in [0, 0.1) is 12.8 Å². The van der Waals surface area contributed by atoms with Crippen LogP contribution in [0.15, 0.2) is 29.1 Å².